The molecule has 10 rings (SSSR count). The number of nitrogens with one attached hydrogen (secondary N) is 2. The first kappa shape index (κ1) is 34.5. The van der Waals surface area contributed by atoms with Crippen molar-refractivity contribution in [1.29, 1.82) is 0 Å². The SMILES string of the molecule is C[C@@H]1COCCN1c1cc(C2CC2)c2cnc(-c3ccn[nH]3)n2n1.C[C@@H]1COCCN1c1cc(Cl)c2cnc(-c3ccn[nH]3)n2n1.OB(O)C1CC1. The van der Waals surface area contributed by atoms with Crippen LogP contribution in [0.3, 0.4) is 0 Å². The summed E-state index contributed by atoms with van der Waals surface area (Å²) >= 11 is 6.42. The number of anilines is 2. The third-order valence-corrected chi connectivity index (χ3v) is 10.1. The summed E-state index contributed by atoms with van der Waals surface area (Å²) in [6.07, 6.45) is 11.6. The highest BCUT2D eigenvalue weighted by Crippen LogP contribution is 2.43. The summed E-state index contributed by atoms with van der Waals surface area (Å²) in [7, 11) is -1.04. The highest BCUT2D eigenvalue weighted by Gasteiger charge is 2.33. The average Bonchev–Trinajstić information content (AvgIpc) is 3.91. The first-order valence-corrected chi connectivity index (χ1v) is 18.2. The molecule has 16 nitrogen and oxygen atoms in total. The highest BCUT2D eigenvalue weighted by atomic mass is 35.5. The Kier molecular flexibility index (Phi) is 9.85. The van der Waals surface area contributed by atoms with Crippen molar-refractivity contribution in [2.75, 3.05) is 49.3 Å². The molecule has 0 radical (unpaired) electrons. The molecule has 0 unspecified atom stereocenters. The van der Waals surface area contributed by atoms with E-state index in [2.05, 4.69) is 60.1 Å². The Morgan fingerprint density at radius 3 is 1.77 bits per heavy atom. The van der Waals surface area contributed by atoms with Gasteiger partial charge in [-0.25, -0.2) is 19.0 Å². The van der Waals surface area contributed by atoms with E-state index in [0.29, 0.717) is 36.0 Å². The summed E-state index contributed by atoms with van der Waals surface area (Å²) in [5.41, 5.74) is 4.92. The average molecular weight is 729 g/mol. The fourth-order valence-electron chi connectivity index (χ4n) is 6.58. The van der Waals surface area contributed by atoms with Crippen molar-refractivity contribution >= 4 is 41.4 Å². The van der Waals surface area contributed by atoms with Crippen molar-refractivity contribution in [2.45, 2.75) is 63.3 Å². The second-order valence-electron chi connectivity index (χ2n) is 13.8. The monoisotopic (exact) mass is 728 g/mol. The van der Waals surface area contributed by atoms with E-state index in [1.807, 2.05) is 28.9 Å². The number of morpholine rings is 2. The van der Waals surface area contributed by atoms with Crippen molar-refractivity contribution in [3.63, 3.8) is 0 Å². The molecule has 4 aliphatic rings. The van der Waals surface area contributed by atoms with E-state index >= 15 is 0 Å². The molecule has 2 saturated carbocycles. The molecular formula is C34H42BClN12O4. The molecule has 8 heterocycles. The van der Waals surface area contributed by atoms with Crippen LogP contribution in [-0.4, -0.2) is 118 Å². The molecule has 6 aromatic heterocycles. The van der Waals surface area contributed by atoms with E-state index in [9.17, 15) is 0 Å². The summed E-state index contributed by atoms with van der Waals surface area (Å²) in [6, 6.07) is 8.51. The van der Waals surface area contributed by atoms with Gasteiger partial charge < -0.3 is 29.3 Å². The van der Waals surface area contributed by atoms with E-state index < -0.39 is 7.12 Å². The molecule has 272 valence electrons. The van der Waals surface area contributed by atoms with Gasteiger partial charge in [0.25, 0.3) is 0 Å². The zero-order valence-corrected chi connectivity index (χ0v) is 29.9. The quantitative estimate of drug-likeness (QED) is 0.182. The molecule has 4 N–H and O–H groups in total. The number of aromatic amines is 2. The van der Waals surface area contributed by atoms with Gasteiger partial charge in [0.15, 0.2) is 17.5 Å². The minimum absolute atomic E-state index is 0.213. The minimum Gasteiger partial charge on any atom is -0.427 e. The largest absolute Gasteiger partial charge is 0.454 e. The van der Waals surface area contributed by atoms with Crippen LogP contribution < -0.4 is 9.80 Å². The van der Waals surface area contributed by atoms with E-state index in [1.54, 1.807) is 23.1 Å². The fourth-order valence-corrected chi connectivity index (χ4v) is 6.80. The number of aromatic nitrogens is 10. The van der Waals surface area contributed by atoms with Gasteiger partial charge in [-0.05, 0) is 62.2 Å². The molecule has 0 aromatic carbocycles. The van der Waals surface area contributed by atoms with Crippen molar-refractivity contribution < 1.29 is 19.5 Å². The highest BCUT2D eigenvalue weighted by molar-refractivity contribution is 6.44. The number of H-pyrrole nitrogens is 2. The topological polar surface area (TPSA) is 183 Å². The molecular weight excluding hydrogens is 687 g/mol. The molecule has 2 saturated heterocycles. The van der Waals surface area contributed by atoms with Gasteiger partial charge in [-0.2, -0.15) is 10.2 Å². The summed E-state index contributed by atoms with van der Waals surface area (Å²) in [6.45, 7) is 8.85. The van der Waals surface area contributed by atoms with Crippen LogP contribution in [0.25, 0.3) is 34.1 Å². The van der Waals surface area contributed by atoms with Gasteiger partial charge in [-0.3, -0.25) is 10.2 Å². The first-order valence-electron chi connectivity index (χ1n) is 17.8. The number of ether oxygens (including phenoxy) is 2. The molecule has 2 aliphatic carbocycles. The van der Waals surface area contributed by atoms with Gasteiger partial charge in [0, 0.05) is 31.5 Å². The second-order valence-corrected chi connectivity index (χ2v) is 14.2. The lowest BCUT2D eigenvalue weighted by Crippen LogP contribution is -2.44. The predicted octanol–water partition coefficient (Wildman–Crippen LogP) is 3.84. The van der Waals surface area contributed by atoms with E-state index in [-0.39, 0.29) is 11.9 Å². The summed E-state index contributed by atoms with van der Waals surface area (Å²) < 4.78 is 14.8. The molecule has 52 heavy (non-hydrogen) atoms. The van der Waals surface area contributed by atoms with Crippen molar-refractivity contribution in [1.82, 2.24) is 49.6 Å². The van der Waals surface area contributed by atoms with E-state index in [4.69, 9.17) is 41.3 Å². The van der Waals surface area contributed by atoms with Crippen molar-refractivity contribution in [3.8, 4) is 23.0 Å². The molecule has 0 spiro atoms. The van der Waals surface area contributed by atoms with Crippen LogP contribution in [0.1, 0.15) is 51.0 Å². The number of imidazole rings is 2. The molecule has 6 aromatic rings. The van der Waals surface area contributed by atoms with Crippen LogP contribution in [0.2, 0.25) is 10.8 Å². The Morgan fingerprint density at radius 2 is 1.31 bits per heavy atom. The third kappa shape index (κ3) is 7.23. The molecule has 4 fully saturated rings. The standard InChI is InChI=1S/C17H20N6O.C14H15ClN6O.C3H7BO2/c1-11-10-24-7-6-22(11)16-8-13(12-2-3-12)15-9-18-17(23(15)21-16)14-4-5-19-20-14;1-9-8-22-5-4-20(9)13-6-10(15)12-7-16-14(21(12)19-13)11-2-3-17-18-11;5-4(6)3-1-2-3/h4-5,8-9,11-12H,2-3,6-7,10H2,1H3,(H,19,20);2-3,6-7,9H,4-5,8H2,1H3,(H,17,18);3,5-6H,1-2H2/t11-;9-;/m11./s1. The van der Waals surface area contributed by atoms with Gasteiger partial charge in [-0.15, -0.1) is 10.2 Å². The molecule has 0 amide bonds. The molecule has 0 bridgehead atoms. The zero-order chi connectivity index (χ0) is 35.8. The van der Waals surface area contributed by atoms with Crippen LogP contribution in [-0.2, 0) is 9.47 Å². The molecule has 18 heteroatoms. The maximum atomic E-state index is 8.25. The number of fused-ring (bicyclic) bond motifs is 2. The Balaban J connectivity index is 0.000000129. The fraction of sp³-hybridized carbons (Fsp3) is 0.471. The lowest BCUT2D eigenvalue weighted by atomic mass is 9.84. The third-order valence-electron chi connectivity index (χ3n) is 9.83. The number of halogens is 1. The van der Waals surface area contributed by atoms with Crippen molar-refractivity contribution in [2.24, 2.45) is 0 Å². The van der Waals surface area contributed by atoms with Crippen LogP contribution in [0.5, 0.6) is 0 Å². The minimum atomic E-state index is -1.04. The van der Waals surface area contributed by atoms with Gasteiger partial charge in [0.05, 0.1) is 61.4 Å². The number of rotatable bonds is 6. The maximum Gasteiger partial charge on any atom is 0.454 e. The van der Waals surface area contributed by atoms with Crippen LogP contribution >= 0.6 is 11.6 Å². The lowest BCUT2D eigenvalue weighted by molar-refractivity contribution is 0.0984. The number of hydrogen-bond acceptors (Lipinski definition) is 12. The molecule has 2 aliphatic heterocycles. The Labute approximate surface area is 305 Å². The normalized spacial score (nSPS) is 20.4. The van der Waals surface area contributed by atoms with Gasteiger partial charge >= 0.3 is 7.12 Å². The summed E-state index contributed by atoms with van der Waals surface area (Å²) in [5.74, 6) is 4.19. The van der Waals surface area contributed by atoms with Gasteiger partial charge in [0.2, 0.25) is 0 Å². The smallest absolute Gasteiger partial charge is 0.427 e. The number of hydrogen-bond donors (Lipinski definition) is 4. The Morgan fingerprint density at radius 1 is 0.769 bits per heavy atom. The maximum absolute atomic E-state index is 8.25. The Hall–Kier alpha value is -4.55. The first-order chi connectivity index (χ1) is 25.4. The lowest BCUT2D eigenvalue weighted by Gasteiger charge is -2.34. The summed E-state index contributed by atoms with van der Waals surface area (Å²) in [4.78, 5) is 13.5. The van der Waals surface area contributed by atoms with Gasteiger partial charge in [-0.1, -0.05) is 24.4 Å². The van der Waals surface area contributed by atoms with Crippen molar-refractivity contribution in [3.05, 3.63) is 59.6 Å². The summed E-state index contributed by atoms with van der Waals surface area (Å²) in [5, 5.41) is 40.7. The van der Waals surface area contributed by atoms with Crippen LogP contribution in [0.15, 0.2) is 49.1 Å². The number of nitrogens with zero attached hydrogens (tertiary/aromatic N) is 10. The van der Waals surface area contributed by atoms with E-state index in [0.717, 1.165) is 79.0 Å². The molecule has 2 atom stereocenters. The van der Waals surface area contributed by atoms with Crippen LogP contribution in [0, 0.1) is 0 Å². The Bertz CT molecular complexity index is 2100. The predicted molar refractivity (Wildman–Crippen MR) is 197 cm³/mol. The van der Waals surface area contributed by atoms with Crippen LogP contribution in [0.4, 0.5) is 11.6 Å². The van der Waals surface area contributed by atoms with E-state index in [1.165, 1.54) is 18.4 Å². The zero-order valence-electron chi connectivity index (χ0n) is 29.1. The second kappa shape index (κ2) is 14.8. The van der Waals surface area contributed by atoms with Gasteiger partial charge in [0.1, 0.15) is 22.7 Å².